The molecule has 0 amide bonds. The monoisotopic (exact) mass is 276 g/mol. The Morgan fingerprint density at radius 1 is 1.20 bits per heavy atom. The molecule has 1 atom stereocenters. The lowest BCUT2D eigenvalue weighted by molar-refractivity contribution is -0.144. The molecule has 0 radical (unpaired) electrons. The molecule has 104 valence electrons. The molecule has 2 aromatic carbocycles. The summed E-state index contributed by atoms with van der Waals surface area (Å²) >= 11 is 0. The summed E-state index contributed by atoms with van der Waals surface area (Å²) in [4.78, 5) is 10.7. The lowest BCUT2D eigenvalue weighted by Gasteiger charge is -2.11. The molecule has 0 fully saturated rings. The highest BCUT2D eigenvalue weighted by atomic mass is 19.1. The molecule has 1 unspecified atom stereocenters. The van der Waals surface area contributed by atoms with E-state index in [0.717, 1.165) is 6.07 Å². The highest BCUT2D eigenvalue weighted by Gasteiger charge is 2.12. The highest BCUT2D eigenvalue weighted by Crippen LogP contribution is 2.27. The number of hydrogen-bond acceptors (Lipinski definition) is 3. The Hall–Kier alpha value is -2.56. The van der Waals surface area contributed by atoms with Crippen molar-refractivity contribution in [2.45, 2.75) is 13.0 Å². The molecule has 4 nitrogen and oxygen atoms in total. The quantitative estimate of drug-likeness (QED) is 0.900. The van der Waals surface area contributed by atoms with E-state index < -0.39 is 17.9 Å². The summed E-state index contributed by atoms with van der Waals surface area (Å²) in [6.45, 7) is 1.43. The van der Waals surface area contributed by atoms with Crippen molar-refractivity contribution in [1.29, 1.82) is 0 Å². The van der Waals surface area contributed by atoms with Crippen LogP contribution in [0.3, 0.4) is 0 Å². The average molecular weight is 276 g/mol. The Kier molecular flexibility index (Phi) is 3.89. The van der Waals surface area contributed by atoms with Crippen LogP contribution in [0.2, 0.25) is 0 Å². The summed E-state index contributed by atoms with van der Waals surface area (Å²) in [5.74, 6) is -1.33. The predicted octanol–water partition coefficient (Wildman–Crippen LogP) is 3.05. The predicted molar refractivity (Wildman–Crippen MR) is 71.2 cm³/mol. The fraction of sp³-hybridized carbons (Fsp3) is 0.133. The lowest BCUT2D eigenvalue weighted by atomic mass is 10.0. The largest absolute Gasteiger partial charge is 0.508 e. The van der Waals surface area contributed by atoms with Crippen molar-refractivity contribution in [3.63, 3.8) is 0 Å². The Balaban J connectivity index is 2.21. The number of carbonyl (C=O) groups is 1. The number of carboxylic acids is 1. The maximum atomic E-state index is 13.7. The van der Waals surface area contributed by atoms with Crippen LogP contribution < -0.4 is 4.74 Å². The second-order valence-corrected chi connectivity index (χ2v) is 4.29. The maximum absolute atomic E-state index is 13.7. The van der Waals surface area contributed by atoms with Gasteiger partial charge in [0.15, 0.2) is 6.10 Å². The Morgan fingerprint density at radius 3 is 2.40 bits per heavy atom. The van der Waals surface area contributed by atoms with Crippen LogP contribution in [-0.4, -0.2) is 22.3 Å². The van der Waals surface area contributed by atoms with E-state index in [-0.39, 0.29) is 5.75 Å². The van der Waals surface area contributed by atoms with Gasteiger partial charge in [-0.15, -0.1) is 0 Å². The van der Waals surface area contributed by atoms with Gasteiger partial charge in [0.1, 0.15) is 17.3 Å². The van der Waals surface area contributed by atoms with Crippen LogP contribution in [0.4, 0.5) is 4.39 Å². The van der Waals surface area contributed by atoms with Gasteiger partial charge >= 0.3 is 5.97 Å². The van der Waals surface area contributed by atoms with E-state index in [1.165, 1.54) is 19.1 Å². The minimum absolute atomic E-state index is 0.138. The van der Waals surface area contributed by atoms with Crippen LogP contribution in [0.15, 0.2) is 42.5 Å². The fourth-order valence-electron chi connectivity index (χ4n) is 1.71. The van der Waals surface area contributed by atoms with Crippen molar-refractivity contribution in [3.8, 4) is 22.6 Å². The Bertz CT molecular complexity index is 622. The van der Waals surface area contributed by atoms with Gasteiger partial charge in [-0.3, -0.25) is 0 Å². The van der Waals surface area contributed by atoms with E-state index in [1.807, 2.05) is 0 Å². The molecule has 20 heavy (non-hydrogen) atoms. The zero-order chi connectivity index (χ0) is 14.7. The summed E-state index contributed by atoms with van der Waals surface area (Å²) in [5.41, 5.74) is 0.957. The number of benzene rings is 2. The third-order valence-electron chi connectivity index (χ3n) is 2.78. The zero-order valence-corrected chi connectivity index (χ0v) is 10.7. The van der Waals surface area contributed by atoms with Gasteiger partial charge in [-0.25, -0.2) is 9.18 Å². The minimum atomic E-state index is -1.06. The first-order valence-electron chi connectivity index (χ1n) is 5.96. The summed E-state index contributed by atoms with van der Waals surface area (Å²) in [7, 11) is 0. The van der Waals surface area contributed by atoms with Gasteiger partial charge in [-0.1, -0.05) is 12.1 Å². The van der Waals surface area contributed by atoms with Crippen molar-refractivity contribution in [1.82, 2.24) is 0 Å². The average Bonchev–Trinajstić information content (AvgIpc) is 2.40. The van der Waals surface area contributed by atoms with Crippen LogP contribution in [0.25, 0.3) is 11.1 Å². The van der Waals surface area contributed by atoms with Crippen LogP contribution in [0, 0.1) is 5.82 Å². The molecule has 5 heteroatoms. The van der Waals surface area contributed by atoms with Crippen LogP contribution in [0.1, 0.15) is 6.92 Å². The van der Waals surface area contributed by atoms with Crippen molar-refractivity contribution in [3.05, 3.63) is 48.3 Å². The van der Waals surface area contributed by atoms with E-state index in [9.17, 15) is 9.18 Å². The van der Waals surface area contributed by atoms with Gasteiger partial charge in [0.05, 0.1) is 0 Å². The maximum Gasteiger partial charge on any atom is 0.344 e. The van der Waals surface area contributed by atoms with Crippen molar-refractivity contribution < 1.29 is 24.1 Å². The summed E-state index contributed by atoms with van der Waals surface area (Å²) in [6.07, 6.45) is -0.953. The molecule has 2 rings (SSSR count). The number of aromatic hydroxyl groups is 1. The van der Waals surface area contributed by atoms with E-state index >= 15 is 0 Å². The molecule has 0 saturated heterocycles. The topological polar surface area (TPSA) is 66.8 Å². The van der Waals surface area contributed by atoms with Gasteiger partial charge in [-0.05, 0) is 36.8 Å². The van der Waals surface area contributed by atoms with E-state index in [2.05, 4.69) is 0 Å². The first-order valence-corrected chi connectivity index (χ1v) is 5.96. The Morgan fingerprint density at radius 2 is 1.85 bits per heavy atom. The fourth-order valence-corrected chi connectivity index (χ4v) is 1.71. The molecule has 0 aliphatic carbocycles. The molecule has 0 aliphatic rings. The normalized spacial score (nSPS) is 11.9. The van der Waals surface area contributed by atoms with Gasteiger partial charge in [0, 0.05) is 11.6 Å². The van der Waals surface area contributed by atoms with Gasteiger partial charge in [0.25, 0.3) is 0 Å². The van der Waals surface area contributed by atoms with Crippen molar-refractivity contribution in [2.24, 2.45) is 0 Å². The number of aliphatic carboxylic acids is 1. The summed E-state index contributed by atoms with van der Waals surface area (Å²) in [6, 6.07) is 10.3. The third-order valence-corrected chi connectivity index (χ3v) is 2.78. The SMILES string of the molecule is CC(Oc1ccc(-c2ccc(O)cc2F)cc1)C(=O)O. The molecule has 0 spiro atoms. The van der Waals surface area contributed by atoms with Crippen LogP contribution in [-0.2, 0) is 4.79 Å². The van der Waals surface area contributed by atoms with Gasteiger partial charge in [-0.2, -0.15) is 0 Å². The molecule has 0 aliphatic heterocycles. The summed E-state index contributed by atoms with van der Waals surface area (Å²) in [5, 5.41) is 17.9. The Labute approximate surface area is 115 Å². The van der Waals surface area contributed by atoms with Crippen LogP contribution in [0.5, 0.6) is 11.5 Å². The standard InChI is InChI=1S/C15H13FO4/c1-9(15(18)19)20-12-5-2-10(3-6-12)13-7-4-11(17)8-14(13)16/h2-9,17H,1H3,(H,18,19). The first-order chi connectivity index (χ1) is 9.47. The summed E-state index contributed by atoms with van der Waals surface area (Å²) < 4.78 is 18.9. The first kappa shape index (κ1) is 13.9. The molecule has 0 aromatic heterocycles. The second-order valence-electron chi connectivity index (χ2n) is 4.29. The molecule has 0 bridgehead atoms. The van der Waals surface area contributed by atoms with Gasteiger partial charge < -0.3 is 14.9 Å². The number of rotatable bonds is 4. The molecule has 2 aromatic rings. The van der Waals surface area contributed by atoms with Crippen molar-refractivity contribution in [2.75, 3.05) is 0 Å². The smallest absolute Gasteiger partial charge is 0.344 e. The van der Waals surface area contributed by atoms with E-state index in [0.29, 0.717) is 16.9 Å². The van der Waals surface area contributed by atoms with E-state index in [4.69, 9.17) is 14.9 Å². The number of hydrogen-bond donors (Lipinski definition) is 2. The number of carboxylic acid groups (broad SMARTS) is 1. The van der Waals surface area contributed by atoms with Gasteiger partial charge in [0.2, 0.25) is 0 Å². The number of ether oxygens (including phenoxy) is 1. The number of phenolic OH excluding ortho intramolecular Hbond substituents is 1. The molecular formula is C15H13FO4. The minimum Gasteiger partial charge on any atom is -0.508 e. The van der Waals surface area contributed by atoms with Crippen molar-refractivity contribution >= 4 is 5.97 Å². The second kappa shape index (κ2) is 5.61. The number of phenols is 1. The lowest BCUT2D eigenvalue weighted by Crippen LogP contribution is -2.22. The molecule has 0 heterocycles. The zero-order valence-electron chi connectivity index (χ0n) is 10.7. The third kappa shape index (κ3) is 3.06. The number of halogens is 1. The molecule has 0 saturated carbocycles. The highest BCUT2D eigenvalue weighted by molar-refractivity contribution is 5.72. The molecular weight excluding hydrogens is 263 g/mol. The molecule has 2 N–H and O–H groups in total. The van der Waals surface area contributed by atoms with Crippen LogP contribution >= 0.6 is 0 Å². The van der Waals surface area contributed by atoms with E-state index in [1.54, 1.807) is 24.3 Å².